The minimum atomic E-state index is -0.950. The molecule has 0 N–H and O–H groups in total. The van der Waals surface area contributed by atoms with E-state index >= 15 is 0 Å². The Morgan fingerprint density at radius 1 is 1.33 bits per heavy atom. The third-order valence-electron chi connectivity index (χ3n) is 2.47. The van der Waals surface area contributed by atoms with Crippen molar-refractivity contribution in [2.24, 2.45) is 0 Å². The molecule has 0 amide bonds. The molecule has 0 aromatic carbocycles. The Hall–Kier alpha value is 0.537. The van der Waals surface area contributed by atoms with Gasteiger partial charge in [0.15, 0.2) is 0 Å². The zero-order chi connectivity index (χ0) is 9.61. The van der Waals surface area contributed by atoms with Gasteiger partial charge in [-0.15, -0.1) is 29.8 Å². The molecule has 0 saturated carbocycles. The predicted octanol–water partition coefficient (Wildman–Crippen LogP) is 3.52. The maximum absolute atomic E-state index is 5.88. The summed E-state index contributed by atoms with van der Waals surface area (Å²) in [6.07, 6.45) is 4.22. The van der Waals surface area contributed by atoms with Crippen molar-refractivity contribution in [1.82, 2.24) is 0 Å². The Labute approximate surface area is 87.6 Å². The highest BCUT2D eigenvalue weighted by atomic mass is 35.5. The van der Waals surface area contributed by atoms with Crippen LogP contribution in [0, 0.1) is 0 Å². The molecule has 0 radical (unpaired) electrons. The molecule has 3 heteroatoms. The lowest BCUT2D eigenvalue weighted by Gasteiger charge is -2.30. The summed E-state index contributed by atoms with van der Waals surface area (Å²) in [5.41, 5.74) is 1.57. The molecule has 0 rings (SSSR count). The summed E-state index contributed by atoms with van der Waals surface area (Å²) in [5, 5.41) is 0.373. The van der Waals surface area contributed by atoms with Crippen LogP contribution < -0.4 is 0 Å². The summed E-state index contributed by atoms with van der Waals surface area (Å²) in [4.78, 5) is 0. The van der Waals surface area contributed by atoms with Crippen molar-refractivity contribution in [3.63, 3.8) is 0 Å². The first-order valence-electron chi connectivity index (χ1n) is 4.31. The van der Waals surface area contributed by atoms with Crippen LogP contribution in [0.25, 0.3) is 0 Å². The molecule has 0 aromatic heterocycles. The van der Waals surface area contributed by atoms with E-state index in [2.05, 4.69) is 20.4 Å². The fourth-order valence-corrected chi connectivity index (χ4v) is 6.13. The van der Waals surface area contributed by atoms with Gasteiger partial charge in [-0.25, -0.2) is 0 Å². The first-order valence-corrected chi connectivity index (χ1v) is 7.59. The monoisotopic (exact) mass is 224 g/mol. The predicted molar refractivity (Wildman–Crippen MR) is 62.1 cm³/mol. The van der Waals surface area contributed by atoms with Gasteiger partial charge in [0, 0.05) is 11.0 Å². The molecular formula is C9H18Cl2Si. The van der Waals surface area contributed by atoms with Crippen LogP contribution in [-0.2, 0) is 0 Å². The number of hydrogen-bond donors (Lipinski definition) is 0. The highest BCUT2D eigenvalue weighted by Gasteiger charge is 2.28. The van der Waals surface area contributed by atoms with Crippen LogP contribution in [0.2, 0.25) is 5.04 Å². The lowest BCUT2D eigenvalue weighted by molar-refractivity contribution is 0.602. The van der Waals surface area contributed by atoms with Crippen LogP contribution in [-0.4, -0.2) is 19.8 Å². The number of alkyl halides is 2. The van der Waals surface area contributed by atoms with E-state index in [1.807, 2.05) is 6.08 Å². The van der Waals surface area contributed by atoms with Gasteiger partial charge in [0.05, 0.1) is 8.80 Å². The van der Waals surface area contributed by atoms with Gasteiger partial charge in [0.25, 0.3) is 0 Å². The second kappa shape index (κ2) is 6.06. The number of allylic oxidation sites excluding steroid dienone is 1. The van der Waals surface area contributed by atoms with Crippen molar-refractivity contribution < 1.29 is 0 Å². The quantitative estimate of drug-likeness (QED) is 0.368. The zero-order valence-corrected chi connectivity index (χ0v) is 10.6. The van der Waals surface area contributed by atoms with Gasteiger partial charge in [-0.05, 0) is 17.9 Å². The van der Waals surface area contributed by atoms with Gasteiger partial charge < -0.3 is 0 Å². The molecule has 0 nitrogen and oxygen atoms in total. The highest BCUT2D eigenvalue weighted by Crippen LogP contribution is 2.35. The minimum absolute atomic E-state index is 0.373. The molecular weight excluding hydrogens is 207 g/mol. The van der Waals surface area contributed by atoms with E-state index < -0.39 is 8.80 Å². The van der Waals surface area contributed by atoms with Crippen molar-refractivity contribution in [2.45, 2.75) is 31.7 Å². The first kappa shape index (κ1) is 12.5. The Balaban J connectivity index is 4.04. The molecule has 0 aliphatic carbocycles. The maximum atomic E-state index is 5.88. The Morgan fingerprint density at radius 3 is 2.17 bits per heavy atom. The van der Waals surface area contributed by atoms with E-state index in [4.69, 9.17) is 23.2 Å². The Kier molecular flexibility index (Phi) is 6.33. The molecule has 0 unspecified atom stereocenters. The molecule has 0 atom stereocenters. The molecule has 0 fully saturated rings. The van der Waals surface area contributed by atoms with Crippen LogP contribution in [0.15, 0.2) is 12.7 Å². The fourth-order valence-electron chi connectivity index (χ4n) is 1.14. The smallest absolute Gasteiger partial charge is 0.0763 e. The van der Waals surface area contributed by atoms with Crippen molar-refractivity contribution in [3.05, 3.63) is 12.7 Å². The number of hydrogen-bond acceptors (Lipinski definition) is 0. The highest BCUT2D eigenvalue weighted by molar-refractivity contribution is 6.75. The summed E-state index contributed by atoms with van der Waals surface area (Å²) in [7, 11) is -0.950. The van der Waals surface area contributed by atoms with Crippen molar-refractivity contribution in [2.75, 3.05) is 11.0 Å². The molecule has 0 heterocycles. The maximum Gasteiger partial charge on any atom is 0.0763 e. The van der Waals surface area contributed by atoms with E-state index in [0.717, 1.165) is 17.4 Å². The summed E-state index contributed by atoms with van der Waals surface area (Å²) in [6.45, 7) is 8.28. The largest absolute Gasteiger partial charge is 0.130 e. The van der Waals surface area contributed by atoms with Crippen LogP contribution in [0.1, 0.15) is 26.7 Å². The molecule has 0 saturated heterocycles. The molecule has 12 heavy (non-hydrogen) atoms. The van der Waals surface area contributed by atoms with E-state index in [9.17, 15) is 0 Å². The van der Waals surface area contributed by atoms with Crippen LogP contribution in [0.5, 0.6) is 0 Å². The lowest BCUT2D eigenvalue weighted by atomic mass is 10.1. The van der Waals surface area contributed by atoms with Crippen molar-refractivity contribution in [1.29, 1.82) is 0 Å². The number of rotatable bonds is 6. The van der Waals surface area contributed by atoms with E-state index in [0.29, 0.717) is 5.04 Å². The minimum Gasteiger partial charge on any atom is -0.130 e. The van der Waals surface area contributed by atoms with Crippen molar-refractivity contribution in [3.8, 4) is 0 Å². The molecule has 72 valence electrons. The fraction of sp³-hybridized carbons (Fsp3) is 0.778. The summed E-state index contributed by atoms with van der Waals surface area (Å²) in [5.74, 6) is 0. The Bertz CT molecular complexity index is 130. The van der Waals surface area contributed by atoms with Gasteiger partial charge in [-0.3, -0.25) is 0 Å². The SMILES string of the molecule is C=CCCC(C)(C)[SiH](CCl)CCl. The third-order valence-corrected chi connectivity index (χ3v) is 7.95. The third kappa shape index (κ3) is 3.97. The number of halogens is 2. The average molecular weight is 225 g/mol. The van der Waals surface area contributed by atoms with E-state index in [1.165, 1.54) is 6.42 Å². The average Bonchev–Trinajstić information content (AvgIpc) is 2.03. The molecule has 0 spiro atoms. The molecule has 0 aliphatic rings. The zero-order valence-electron chi connectivity index (χ0n) is 7.95. The van der Waals surface area contributed by atoms with Crippen LogP contribution in [0.4, 0.5) is 0 Å². The topological polar surface area (TPSA) is 0 Å². The van der Waals surface area contributed by atoms with Gasteiger partial charge in [0.1, 0.15) is 0 Å². The van der Waals surface area contributed by atoms with Gasteiger partial charge in [-0.2, -0.15) is 0 Å². The molecule has 0 aliphatic heterocycles. The van der Waals surface area contributed by atoms with Crippen molar-refractivity contribution >= 4 is 32.0 Å². The standard InChI is InChI=1S/C9H18Cl2Si/c1-4-5-6-9(2,3)12(7-10)8-11/h4,12H,1,5-8H2,2-3H3. The molecule has 0 aromatic rings. The van der Waals surface area contributed by atoms with Crippen LogP contribution >= 0.6 is 23.2 Å². The molecule has 0 bridgehead atoms. The normalized spacial score (nSPS) is 12.1. The lowest BCUT2D eigenvalue weighted by Crippen LogP contribution is -2.32. The van der Waals surface area contributed by atoms with Crippen LogP contribution in [0.3, 0.4) is 0 Å². The van der Waals surface area contributed by atoms with E-state index in [1.54, 1.807) is 0 Å². The Morgan fingerprint density at radius 2 is 1.83 bits per heavy atom. The van der Waals surface area contributed by atoms with E-state index in [-0.39, 0.29) is 0 Å². The van der Waals surface area contributed by atoms with Gasteiger partial charge >= 0.3 is 0 Å². The second-order valence-corrected chi connectivity index (χ2v) is 9.25. The first-order chi connectivity index (χ1) is 5.58. The van der Waals surface area contributed by atoms with Gasteiger partial charge in [-0.1, -0.05) is 19.9 Å². The summed E-state index contributed by atoms with van der Waals surface area (Å²) < 4.78 is 0. The summed E-state index contributed by atoms with van der Waals surface area (Å²) in [6, 6.07) is 0. The van der Waals surface area contributed by atoms with Gasteiger partial charge in [0.2, 0.25) is 0 Å². The summed E-state index contributed by atoms with van der Waals surface area (Å²) >= 11 is 11.8. The second-order valence-electron chi connectivity index (χ2n) is 3.82.